The van der Waals surface area contributed by atoms with Crippen molar-refractivity contribution in [1.29, 1.82) is 0 Å². The number of aryl methyl sites for hydroxylation is 1. The summed E-state index contributed by atoms with van der Waals surface area (Å²) in [4.78, 5) is 0. The molecule has 0 saturated carbocycles. The molecule has 2 heteroatoms. The van der Waals surface area contributed by atoms with E-state index in [4.69, 9.17) is 0 Å². The number of fused-ring (bicyclic) bond motifs is 3. The molecule has 0 radical (unpaired) electrons. The summed E-state index contributed by atoms with van der Waals surface area (Å²) in [5.41, 5.74) is 12.1. The third-order valence-electron chi connectivity index (χ3n) is 7.08. The van der Waals surface area contributed by atoms with E-state index in [1.807, 2.05) is 0 Å². The quantitative estimate of drug-likeness (QED) is 0.398. The lowest BCUT2D eigenvalue weighted by atomic mass is 9.82. The zero-order valence-electron chi connectivity index (χ0n) is 16.6. The van der Waals surface area contributed by atoms with Gasteiger partial charge < -0.3 is 0 Å². The Morgan fingerprint density at radius 1 is 0.857 bits per heavy atom. The van der Waals surface area contributed by atoms with E-state index in [2.05, 4.69) is 82.1 Å². The van der Waals surface area contributed by atoms with E-state index in [-0.39, 0.29) is 0 Å². The first-order valence-electron chi connectivity index (χ1n) is 10.5. The number of halogens is 2. The molecule has 3 aliphatic carbocycles. The molecule has 0 fully saturated rings. The number of hydrogen-bond donors (Lipinski definition) is 0. The van der Waals surface area contributed by atoms with Gasteiger partial charge in [-0.05, 0) is 108 Å². The van der Waals surface area contributed by atoms with Gasteiger partial charge in [0, 0.05) is 20.8 Å². The van der Waals surface area contributed by atoms with E-state index in [1.54, 1.807) is 16.7 Å². The highest BCUT2D eigenvalue weighted by atomic mass is 79.9. The maximum atomic E-state index is 3.97. The molecular formula is C26H26Br2. The summed E-state index contributed by atoms with van der Waals surface area (Å²) in [6.07, 6.45) is 12.4. The van der Waals surface area contributed by atoms with Crippen LogP contribution in [0.3, 0.4) is 0 Å². The molecule has 0 aliphatic heterocycles. The molecule has 0 spiro atoms. The molecule has 0 bridgehead atoms. The minimum Gasteiger partial charge on any atom is -0.0652 e. The van der Waals surface area contributed by atoms with E-state index < -0.39 is 0 Å². The number of benzene rings is 2. The molecule has 5 rings (SSSR count). The molecule has 0 nitrogen and oxygen atoms in total. The summed E-state index contributed by atoms with van der Waals surface area (Å²) >= 11 is 7.70. The Hall–Kier alpha value is -1.12. The van der Waals surface area contributed by atoms with Crippen molar-refractivity contribution in [2.45, 2.75) is 64.2 Å². The van der Waals surface area contributed by atoms with Crippen molar-refractivity contribution in [3.05, 3.63) is 77.7 Å². The van der Waals surface area contributed by atoms with Crippen LogP contribution in [0, 0.1) is 0 Å². The van der Waals surface area contributed by atoms with Gasteiger partial charge in [0.2, 0.25) is 0 Å². The van der Waals surface area contributed by atoms with Crippen molar-refractivity contribution in [2.75, 3.05) is 0 Å². The van der Waals surface area contributed by atoms with Crippen LogP contribution in [0.2, 0.25) is 0 Å². The molecule has 144 valence electrons. The predicted octanol–water partition coefficient (Wildman–Crippen LogP) is 8.57. The van der Waals surface area contributed by atoms with Gasteiger partial charge in [0.15, 0.2) is 0 Å². The third kappa shape index (κ3) is 2.99. The molecule has 0 N–H and O–H groups in total. The fourth-order valence-electron chi connectivity index (χ4n) is 5.59. The summed E-state index contributed by atoms with van der Waals surface area (Å²) in [5, 5.41) is 0. The second kappa shape index (κ2) is 7.29. The summed E-state index contributed by atoms with van der Waals surface area (Å²) in [6, 6.07) is 9.21. The normalized spacial score (nSPS) is 22.4. The number of rotatable bonds is 3. The summed E-state index contributed by atoms with van der Waals surface area (Å²) < 4.78 is 2.61. The van der Waals surface area contributed by atoms with Crippen molar-refractivity contribution in [3.63, 3.8) is 0 Å². The van der Waals surface area contributed by atoms with Crippen molar-refractivity contribution >= 4 is 44.0 Å². The van der Waals surface area contributed by atoms with E-state index in [1.165, 1.54) is 75.3 Å². The van der Waals surface area contributed by atoms with E-state index in [0.29, 0.717) is 11.8 Å². The highest BCUT2D eigenvalue weighted by Gasteiger charge is 2.30. The van der Waals surface area contributed by atoms with E-state index >= 15 is 0 Å². The predicted molar refractivity (Wildman–Crippen MR) is 127 cm³/mol. The molecule has 0 aromatic heterocycles. The van der Waals surface area contributed by atoms with E-state index in [0.717, 1.165) is 0 Å². The van der Waals surface area contributed by atoms with Crippen LogP contribution >= 0.6 is 31.9 Å². The Kier molecular flexibility index (Phi) is 4.92. The minimum atomic E-state index is 0.561. The van der Waals surface area contributed by atoms with Crippen molar-refractivity contribution in [1.82, 2.24) is 0 Å². The Balaban J connectivity index is 1.43. The average molecular weight is 498 g/mol. The molecule has 2 unspecified atom stereocenters. The fourth-order valence-corrected chi connectivity index (χ4v) is 6.88. The van der Waals surface area contributed by atoms with Gasteiger partial charge in [-0.1, -0.05) is 57.4 Å². The summed E-state index contributed by atoms with van der Waals surface area (Å²) in [6.45, 7) is 4.63. The van der Waals surface area contributed by atoms with Gasteiger partial charge in [-0.25, -0.2) is 0 Å². The first-order valence-corrected chi connectivity index (χ1v) is 12.1. The van der Waals surface area contributed by atoms with Crippen LogP contribution < -0.4 is 0 Å². The largest absolute Gasteiger partial charge is 0.0652 e. The van der Waals surface area contributed by atoms with Crippen LogP contribution in [0.4, 0.5) is 0 Å². The van der Waals surface area contributed by atoms with Gasteiger partial charge in [0.25, 0.3) is 0 Å². The fraction of sp³-hybridized carbons (Fsp3) is 0.385. The first-order chi connectivity index (χ1) is 13.5. The van der Waals surface area contributed by atoms with Crippen LogP contribution in [0.1, 0.15) is 84.7 Å². The van der Waals surface area contributed by atoms with Crippen LogP contribution in [0.25, 0.3) is 12.2 Å². The molecule has 0 amide bonds. The Morgan fingerprint density at radius 2 is 1.54 bits per heavy atom. The molecule has 0 heterocycles. The van der Waals surface area contributed by atoms with Crippen molar-refractivity contribution in [2.24, 2.45) is 0 Å². The molecule has 0 saturated heterocycles. The Bertz CT molecular complexity index is 1030. The van der Waals surface area contributed by atoms with Crippen LogP contribution in [-0.2, 0) is 12.8 Å². The number of allylic oxidation sites excluding steroid dienone is 2. The first kappa shape index (κ1) is 18.9. The lowest BCUT2D eigenvalue weighted by Gasteiger charge is -2.23. The zero-order valence-corrected chi connectivity index (χ0v) is 19.8. The Labute approximate surface area is 185 Å². The summed E-state index contributed by atoms with van der Waals surface area (Å²) in [7, 11) is 0. The SMILES string of the molecule is CC1=Cc2c(Br)cccc2C1CCC1C(C)=Cc2c1cc1c(c2Br)CCCC1. The lowest BCUT2D eigenvalue weighted by Crippen LogP contribution is -2.08. The van der Waals surface area contributed by atoms with Gasteiger partial charge in [0.1, 0.15) is 0 Å². The van der Waals surface area contributed by atoms with Crippen LogP contribution in [0.15, 0.2) is 44.4 Å². The third-order valence-corrected chi connectivity index (χ3v) is 8.67. The summed E-state index contributed by atoms with van der Waals surface area (Å²) in [5.74, 6) is 1.13. The number of hydrogen-bond acceptors (Lipinski definition) is 0. The second-order valence-electron chi connectivity index (χ2n) is 8.74. The second-order valence-corrected chi connectivity index (χ2v) is 10.4. The molecule has 3 aliphatic rings. The van der Waals surface area contributed by atoms with Gasteiger partial charge >= 0.3 is 0 Å². The standard InChI is InChI=1S/C26H26Br2/c1-15-12-23-21(8-5-9-25(23)27)18(15)10-11-19-16(2)13-24-22(19)14-17-6-3-4-7-20(17)26(24)28/h5,8-9,12-14,18-19H,3-4,6-7,10-11H2,1-2H3. The molecule has 28 heavy (non-hydrogen) atoms. The molecule has 2 aromatic rings. The Morgan fingerprint density at radius 3 is 2.32 bits per heavy atom. The lowest BCUT2D eigenvalue weighted by molar-refractivity contribution is 0.609. The van der Waals surface area contributed by atoms with Crippen LogP contribution in [0.5, 0.6) is 0 Å². The van der Waals surface area contributed by atoms with Gasteiger partial charge in [0.05, 0.1) is 0 Å². The molecular weight excluding hydrogens is 472 g/mol. The highest BCUT2D eigenvalue weighted by molar-refractivity contribution is 9.10. The van der Waals surface area contributed by atoms with E-state index in [9.17, 15) is 0 Å². The van der Waals surface area contributed by atoms with Gasteiger partial charge in [-0.15, -0.1) is 0 Å². The maximum absolute atomic E-state index is 3.97. The van der Waals surface area contributed by atoms with Crippen molar-refractivity contribution < 1.29 is 0 Å². The molecule has 2 aromatic carbocycles. The van der Waals surface area contributed by atoms with Gasteiger partial charge in [-0.2, -0.15) is 0 Å². The smallest absolute Gasteiger partial charge is 0.0285 e. The van der Waals surface area contributed by atoms with Crippen LogP contribution in [-0.4, -0.2) is 0 Å². The minimum absolute atomic E-state index is 0.561. The average Bonchev–Trinajstić information content (AvgIpc) is 3.18. The molecule has 2 atom stereocenters. The van der Waals surface area contributed by atoms with Gasteiger partial charge in [-0.3, -0.25) is 0 Å². The monoisotopic (exact) mass is 496 g/mol. The zero-order chi connectivity index (χ0) is 19.4. The van der Waals surface area contributed by atoms with Crippen molar-refractivity contribution in [3.8, 4) is 0 Å². The highest BCUT2D eigenvalue weighted by Crippen LogP contribution is 2.48. The maximum Gasteiger partial charge on any atom is 0.0285 e. The topological polar surface area (TPSA) is 0 Å².